The summed E-state index contributed by atoms with van der Waals surface area (Å²) < 4.78 is 0. The van der Waals surface area contributed by atoms with E-state index in [4.69, 9.17) is 5.11 Å². The lowest BCUT2D eigenvalue weighted by atomic mass is 9.43. The summed E-state index contributed by atoms with van der Waals surface area (Å²) in [6.07, 6.45) is 13.4. The van der Waals surface area contributed by atoms with Crippen LogP contribution in [0.25, 0.3) is 0 Å². The molecule has 1 unspecified atom stereocenters. The van der Waals surface area contributed by atoms with Crippen molar-refractivity contribution in [3.63, 3.8) is 0 Å². The zero-order chi connectivity index (χ0) is 21.7. The van der Waals surface area contributed by atoms with Crippen molar-refractivity contribution in [2.24, 2.45) is 46.3 Å². The van der Waals surface area contributed by atoms with Gasteiger partial charge >= 0.3 is 5.97 Å². The molecule has 0 heterocycles. The Bertz CT molecular complexity index is 674. The van der Waals surface area contributed by atoms with E-state index in [9.17, 15) is 15.0 Å². The normalized spacial score (nSPS) is 49.3. The highest BCUT2D eigenvalue weighted by atomic mass is 16.4. The number of aliphatic carboxylic acids is 1. The number of hydrogen-bond acceptors (Lipinski definition) is 3. The minimum atomic E-state index is -0.872. The third-order valence-electron chi connectivity index (χ3n) is 10.6. The van der Waals surface area contributed by atoms with E-state index in [-0.39, 0.29) is 23.0 Å². The SMILES string of the molecule is CC(CC/C=C/C(=O)O)[C@H]1CC[C@H]2[C@@H]3CC[C@@H]4C[C@H](O)CC[C@]4(C)[C@H]3C[C@H](O)[C@]12C. The average molecular weight is 419 g/mol. The largest absolute Gasteiger partial charge is 0.478 e. The second-order valence-corrected chi connectivity index (χ2v) is 11.7. The van der Waals surface area contributed by atoms with Crippen LogP contribution >= 0.6 is 0 Å². The van der Waals surface area contributed by atoms with Crippen molar-refractivity contribution < 1.29 is 20.1 Å². The van der Waals surface area contributed by atoms with E-state index in [1.54, 1.807) is 6.08 Å². The first-order chi connectivity index (χ1) is 14.2. The molecule has 3 N–H and O–H groups in total. The van der Waals surface area contributed by atoms with Crippen molar-refractivity contribution in [1.82, 2.24) is 0 Å². The van der Waals surface area contributed by atoms with E-state index < -0.39 is 5.97 Å². The van der Waals surface area contributed by atoms with Crippen molar-refractivity contribution in [2.45, 2.75) is 97.2 Å². The van der Waals surface area contributed by atoms with Crippen LogP contribution in [0, 0.1) is 46.3 Å². The van der Waals surface area contributed by atoms with Gasteiger partial charge in [0, 0.05) is 6.08 Å². The number of hydrogen-bond donors (Lipinski definition) is 3. The van der Waals surface area contributed by atoms with Gasteiger partial charge in [-0.3, -0.25) is 0 Å². The molecule has 4 fully saturated rings. The Kier molecular flexibility index (Phi) is 6.13. The second kappa shape index (κ2) is 8.24. The first kappa shape index (κ1) is 22.3. The summed E-state index contributed by atoms with van der Waals surface area (Å²) in [5, 5.41) is 30.6. The fourth-order valence-corrected chi connectivity index (χ4v) is 8.90. The predicted molar refractivity (Wildman–Crippen MR) is 118 cm³/mol. The third kappa shape index (κ3) is 3.56. The van der Waals surface area contributed by atoms with Gasteiger partial charge in [0.2, 0.25) is 0 Å². The first-order valence-corrected chi connectivity index (χ1v) is 12.4. The molecule has 0 aromatic heterocycles. The number of carbonyl (C=O) groups is 1. The molecule has 10 atom stereocenters. The van der Waals surface area contributed by atoms with Crippen molar-refractivity contribution in [3.8, 4) is 0 Å². The van der Waals surface area contributed by atoms with Gasteiger partial charge in [-0.1, -0.05) is 26.8 Å². The van der Waals surface area contributed by atoms with E-state index in [1.165, 1.54) is 31.8 Å². The fraction of sp³-hybridized carbons (Fsp3) is 0.885. The Morgan fingerprint density at radius 2 is 1.83 bits per heavy atom. The molecule has 4 rings (SSSR count). The Morgan fingerprint density at radius 3 is 2.57 bits per heavy atom. The Hall–Kier alpha value is -0.870. The van der Waals surface area contributed by atoms with Gasteiger partial charge in [0.05, 0.1) is 12.2 Å². The molecule has 0 aliphatic heterocycles. The highest BCUT2D eigenvalue weighted by Crippen LogP contribution is 2.68. The Labute approximate surface area is 182 Å². The summed E-state index contributed by atoms with van der Waals surface area (Å²) in [6.45, 7) is 7.16. The average Bonchev–Trinajstić information content (AvgIpc) is 3.05. The number of fused-ring (bicyclic) bond motifs is 5. The van der Waals surface area contributed by atoms with Gasteiger partial charge in [0.25, 0.3) is 0 Å². The van der Waals surface area contributed by atoms with E-state index in [1.807, 2.05) is 0 Å². The number of rotatable bonds is 5. The quantitative estimate of drug-likeness (QED) is 0.547. The predicted octanol–water partition coefficient (Wildman–Crippen LogP) is 5.03. The van der Waals surface area contributed by atoms with E-state index in [0.717, 1.165) is 44.4 Å². The molecule has 0 amide bonds. The van der Waals surface area contributed by atoms with E-state index in [0.29, 0.717) is 29.6 Å². The number of aliphatic hydroxyl groups excluding tert-OH is 2. The molecule has 4 aliphatic rings. The molecule has 0 spiro atoms. The summed E-state index contributed by atoms with van der Waals surface area (Å²) in [7, 11) is 0. The Morgan fingerprint density at radius 1 is 1.07 bits per heavy atom. The molecule has 4 aliphatic carbocycles. The maximum Gasteiger partial charge on any atom is 0.327 e. The second-order valence-electron chi connectivity index (χ2n) is 11.7. The summed E-state index contributed by atoms with van der Waals surface area (Å²) in [6, 6.07) is 0. The highest BCUT2D eigenvalue weighted by Gasteiger charge is 2.63. The molecule has 170 valence electrons. The van der Waals surface area contributed by atoms with Crippen LogP contribution in [0.5, 0.6) is 0 Å². The molecule has 0 aromatic carbocycles. The van der Waals surface area contributed by atoms with Crippen LogP contribution in [0.2, 0.25) is 0 Å². The van der Waals surface area contributed by atoms with Crippen molar-refractivity contribution in [2.75, 3.05) is 0 Å². The smallest absolute Gasteiger partial charge is 0.327 e. The lowest BCUT2D eigenvalue weighted by Crippen LogP contribution is -2.58. The van der Waals surface area contributed by atoms with E-state index in [2.05, 4.69) is 20.8 Å². The molecule has 0 saturated heterocycles. The fourth-order valence-electron chi connectivity index (χ4n) is 8.90. The van der Waals surface area contributed by atoms with Crippen LogP contribution in [0.4, 0.5) is 0 Å². The molecule has 0 bridgehead atoms. The molecular formula is C26H42O4. The number of aliphatic hydroxyl groups is 2. The van der Waals surface area contributed by atoms with Crippen LogP contribution in [-0.2, 0) is 4.79 Å². The number of carboxylic acids is 1. The van der Waals surface area contributed by atoms with Crippen LogP contribution in [-0.4, -0.2) is 33.5 Å². The van der Waals surface area contributed by atoms with Gasteiger partial charge in [-0.2, -0.15) is 0 Å². The third-order valence-corrected chi connectivity index (χ3v) is 10.6. The topological polar surface area (TPSA) is 77.8 Å². The number of carboxylic acid groups (broad SMARTS) is 1. The van der Waals surface area contributed by atoms with Crippen molar-refractivity contribution in [3.05, 3.63) is 12.2 Å². The molecule has 4 nitrogen and oxygen atoms in total. The van der Waals surface area contributed by atoms with Gasteiger partial charge in [-0.25, -0.2) is 4.79 Å². The standard InChI is InChI=1S/C26H42O4/c1-16(6-4-5-7-24(29)30)20-10-11-21-19-9-8-17-14-18(27)12-13-25(17,2)22(19)15-23(28)26(20,21)3/h5,7,16-23,27-28H,4,6,8-15H2,1-3H3,(H,29,30)/b7-5+/t16?,17-,18-,19+,20-,21+,22+,23+,25+,26-/m1/s1. The molecule has 0 aromatic rings. The summed E-state index contributed by atoms with van der Waals surface area (Å²) >= 11 is 0. The van der Waals surface area contributed by atoms with E-state index >= 15 is 0 Å². The first-order valence-electron chi connectivity index (χ1n) is 12.4. The summed E-state index contributed by atoms with van der Waals surface area (Å²) in [5.74, 6) is 2.71. The summed E-state index contributed by atoms with van der Waals surface area (Å²) in [4.78, 5) is 10.7. The maximum absolute atomic E-state index is 11.6. The molecule has 0 radical (unpaired) electrons. The molecule has 4 heteroatoms. The maximum atomic E-state index is 11.6. The van der Waals surface area contributed by atoms with Crippen LogP contribution < -0.4 is 0 Å². The van der Waals surface area contributed by atoms with Crippen molar-refractivity contribution >= 4 is 5.97 Å². The van der Waals surface area contributed by atoms with Crippen LogP contribution in [0.15, 0.2) is 12.2 Å². The van der Waals surface area contributed by atoms with Gasteiger partial charge < -0.3 is 15.3 Å². The van der Waals surface area contributed by atoms with Crippen molar-refractivity contribution in [1.29, 1.82) is 0 Å². The minimum absolute atomic E-state index is 0.00548. The monoisotopic (exact) mass is 418 g/mol. The number of allylic oxidation sites excluding steroid dienone is 1. The zero-order valence-corrected chi connectivity index (χ0v) is 19.1. The van der Waals surface area contributed by atoms with Gasteiger partial charge in [0.15, 0.2) is 0 Å². The lowest BCUT2D eigenvalue weighted by molar-refractivity contribution is -0.174. The van der Waals surface area contributed by atoms with Gasteiger partial charge in [-0.05, 0) is 111 Å². The molecule has 4 saturated carbocycles. The Balaban J connectivity index is 1.50. The summed E-state index contributed by atoms with van der Waals surface area (Å²) in [5.41, 5.74) is 0.282. The molecular weight excluding hydrogens is 376 g/mol. The minimum Gasteiger partial charge on any atom is -0.478 e. The lowest BCUT2D eigenvalue weighted by Gasteiger charge is -2.62. The van der Waals surface area contributed by atoms with Crippen LogP contribution in [0.1, 0.15) is 85.0 Å². The molecule has 30 heavy (non-hydrogen) atoms. The van der Waals surface area contributed by atoms with Crippen LogP contribution in [0.3, 0.4) is 0 Å². The highest BCUT2D eigenvalue weighted by molar-refractivity contribution is 5.79. The van der Waals surface area contributed by atoms with Gasteiger partial charge in [-0.15, -0.1) is 0 Å². The van der Waals surface area contributed by atoms with Gasteiger partial charge in [0.1, 0.15) is 0 Å². The zero-order valence-electron chi connectivity index (χ0n) is 19.1.